The fraction of sp³-hybridized carbons (Fsp3) is 0.474. The second-order valence-electron chi connectivity index (χ2n) is 6.51. The number of nitrogens with one attached hydrogen (secondary N) is 1. The smallest absolute Gasteiger partial charge is 0.254 e. The number of rotatable bonds is 9. The number of hydrogen-bond donors (Lipinski definition) is 1. The number of benzene rings is 1. The molecule has 2 rings (SSSR count). The van der Waals surface area contributed by atoms with Gasteiger partial charge in [0.2, 0.25) is 5.91 Å². The van der Waals surface area contributed by atoms with Crippen LogP contribution in [0.4, 0.5) is 5.69 Å². The van der Waals surface area contributed by atoms with Crippen LogP contribution in [0.15, 0.2) is 23.6 Å². The quantitative estimate of drug-likeness (QED) is 0.621. The van der Waals surface area contributed by atoms with Gasteiger partial charge >= 0.3 is 0 Å². The summed E-state index contributed by atoms with van der Waals surface area (Å²) < 4.78 is 12.5. The van der Waals surface area contributed by atoms with E-state index in [1.165, 1.54) is 26.0 Å². The van der Waals surface area contributed by atoms with Crippen LogP contribution in [0.5, 0.6) is 11.5 Å². The zero-order chi connectivity index (χ0) is 21.6. The minimum Gasteiger partial charge on any atom is -0.493 e. The molecule has 0 aliphatic rings. The largest absolute Gasteiger partial charge is 0.493 e. The summed E-state index contributed by atoms with van der Waals surface area (Å²) in [6.07, 6.45) is 1.57. The maximum absolute atomic E-state index is 12.9. The van der Waals surface area contributed by atoms with Crippen molar-refractivity contribution in [2.24, 2.45) is 7.05 Å². The van der Waals surface area contributed by atoms with Gasteiger partial charge in [-0.15, -0.1) is 10.2 Å². The Morgan fingerprint density at radius 2 is 2.00 bits per heavy atom. The van der Waals surface area contributed by atoms with Gasteiger partial charge in [-0.2, -0.15) is 0 Å². The monoisotopic (exact) mass is 421 g/mol. The topological polar surface area (TPSA) is 98.6 Å². The Kier molecular flexibility index (Phi) is 7.89. The number of carbonyl (C=O) groups excluding carboxylic acids is 2. The van der Waals surface area contributed by atoms with Crippen molar-refractivity contribution in [1.82, 2.24) is 19.7 Å². The highest BCUT2D eigenvalue weighted by molar-refractivity contribution is 7.99. The molecule has 0 spiro atoms. The molecule has 1 aromatic carbocycles. The lowest BCUT2D eigenvalue weighted by Gasteiger charge is -2.26. The molecular formula is C19H27N5O4S. The molecule has 1 N–H and O–H groups in total. The van der Waals surface area contributed by atoms with E-state index in [0.717, 1.165) is 0 Å². The first-order chi connectivity index (χ1) is 13.8. The normalized spacial score (nSPS) is 10.7. The number of anilines is 1. The van der Waals surface area contributed by atoms with Crippen LogP contribution in [-0.2, 0) is 11.8 Å². The van der Waals surface area contributed by atoms with Gasteiger partial charge in [-0.05, 0) is 32.9 Å². The first-order valence-corrected chi connectivity index (χ1v) is 10.1. The highest BCUT2D eigenvalue weighted by atomic mass is 32.2. The number of hydrogen-bond acceptors (Lipinski definition) is 7. The van der Waals surface area contributed by atoms with E-state index in [1.54, 1.807) is 35.0 Å². The minimum absolute atomic E-state index is 0.0430. The third-order valence-corrected chi connectivity index (χ3v) is 5.26. The molecule has 158 valence electrons. The number of aryl methyl sites for hydroxylation is 1. The van der Waals surface area contributed by atoms with Crippen LogP contribution in [0.1, 0.15) is 31.1 Å². The summed E-state index contributed by atoms with van der Waals surface area (Å²) in [7, 11) is 4.77. The van der Waals surface area contributed by atoms with Crippen LogP contribution < -0.4 is 14.8 Å². The van der Waals surface area contributed by atoms with Crippen molar-refractivity contribution in [3.63, 3.8) is 0 Å². The number of amides is 2. The van der Waals surface area contributed by atoms with E-state index in [0.29, 0.717) is 34.5 Å². The maximum atomic E-state index is 12.9. The van der Waals surface area contributed by atoms with Crippen LogP contribution in [-0.4, -0.2) is 64.0 Å². The van der Waals surface area contributed by atoms with Crippen LogP contribution in [0.2, 0.25) is 0 Å². The fourth-order valence-corrected chi connectivity index (χ4v) is 3.50. The van der Waals surface area contributed by atoms with Gasteiger partial charge in [0.05, 0.1) is 25.7 Å². The second-order valence-corrected chi connectivity index (χ2v) is 7.45. The van der Waals surface area contributed by atoms with Gasteiger partial charge < -0.3 is 24.3 Å². The summed E-state index contributed by atoms with van der Waals surface area (Å²) in [6, 6.07) is 3.27. The second kappa shape index (κ2) is 10.1. The predicted octanol–water partition coefficient (Wildman–Crippen LogP) is 2.43. The molecule has 2 aromatic rings. The Hall–Kier alpha value is -2.75. The van der Waals surface area contributed by atoms with Gasteiger partial charge in [0.1, 0.15) is 6.33 Å². The summed E-state index contributed by atoms with van der Waals surface area (Å²) in [5, 5.41) is 11.2. The van der Waals surface area contributed by atoms with Gasteiger partial charge in [-0.25, -0.2) is 0 Å². The molecule has 0 saturated carbocycles. The number of aromatic nitrogens is 3. The number of nitrogens with zero attached hydrogens (tertiary/aromatic N) is 4. The molecule has 1 heterocycles. The van der Waals surface area contributed by atoms with E-state index < -0.39 is 0 Å². The summed E-state index contributed by atoms with van der Waals surface area (Å²) in [6.45, 7) is 6.40. The number of thioether (sulfide) groups is 1. The Morgan fingerprint density at radius 1 is 1.28 bits per heavy atom. The molecule has 0 bridgehead atoms. The van der Waals surface area contributed by atoms with E-state index in [-0.39, 0.29) is 23.6 Å². The molecule has 0 aliphatic heterocycles. The van der Waals surface area contributed by atoms with Crippen molar-refractivity contribution < 1.29 is 19.1 Å². The van der Waals surface area contributed by atoms with E-state index in [4.69, 9.17) is 9.47 Å². The number of ether oxygens (including phenoxy) is 2. The lowest BCUT2D eigenvalue weighted by Crippen LogP contribution is -2.36. The molecule has 9 nitrogen and oxygen atoms in total. The lowest BCUT2D eigenvalue weighted by atomic mass is 10.1. The Morgan fingerprint density at radius 3 is 2.52 bits per heavy atom. The fourth-order valence-electron chi connectivity index (χ4n) is 2.81. The molecule has 0 saturated heterocycles. The van der Waals surface area contributed by atoms with Crippen molar-refractivity contribution >= 4 is 29.3 Å². The summed E-state index contributed by atoms with van der Waals surface area (Å²) in [5.41, 5.74) is 0.785. The molecule has 10 heteroatoms. The molecule has 0 atom stereocenters. The first kappa shape index (κ1) is 22.5. The zero-order valence-electron chi connectivity index (χ0n) is 17.6. The van der Waals surface area contributed by atoms with E-state index in [9.17, 15) is 9.59 Å². The molecule has 0 fully saturated rings. The third kappa shape index (κ3) is 5.41. The van der Waals surface area contributed by atoms with Gasteiger partial charge in [0.15, 0.2) is 16.7 Å². The van der Waals surface area contributed by atoms with Crippen molar-refractivity contribution in [1.29, 1.82) is 0 Å². The highest BCUT2D eigenvalue weighted by Gasteiger charge is 2.22. The third-order valence-electron chi connectivity index (χ3n) is 4.23. The SMILES string of the molecule is CCN(C(=O)c1cc(NC(=O)CSc2nncn2C)c(OC)c(OC)c1)C(C)C. The highest BCUT2D eigenvalue weighted by Crippen LogP contribution is 2.37. The molecule has 29 heavy (non-hydrogen) atoms. The van der Waals surface area contributed by atoms with Crippen molar-refractivity contribution in [2.45, 2.75) is 32.0 Å². The zero-order valence-corrected chi connectivity index (χ0v) is 18.4. The van der Waals surface area contributed by atoms with Crippen molar-refractivity contribution in [3.8, 4) is 11.5 Å². The van der Waals surface area contributed by atoms with E-state index >= 15 is 0 Å². The van der Waals surface area contributed by atoms with Crippen LogP contribution in [0, 0.1) is 0 Å². The first-order valence-electron chi connectivity index (χ1n) is 9.15. The molecule has 0 radical (unpaired) electrons. The minimum atomic E-state index is -0.265. The maximum Gasteiger partial charge on any atom is 0.254 e. The number of methoxy groups -OCH3 is 2. The standard InChI is InChI=1S/C19H27N5O4S/c1-7-24(12(2)3)18(26)13-8-14(17(28-6)15(9-13)27-5)21-16(25)10-29-19-22-20-11-23(19)4/h8-9,11-12H,7,10H2,1-6H3,(H,21,25). The van der Waals surface area contributed by atoms with Crippen molar-refractivity contribution in [3.05, 3.63) is 24.0 Å². The van der Waals surface area contributed by atoms with E-state index in [2.05, 4.69) is 15.5 Å². The van der Waals surface area contributed by atoms with Crippen molar-refractivity contribution in [2.75, 3.05) is 31.8 Å². The lowest BCUT2D eigenvalue weighted by molar-refractivity contribution is -0.113. The molecular weight excluding hydrogens is 394 g/mol. The number of carbonyl (C=O) groups is 2. The Bertz CT molecular complexity index is 868. The van der Waals surface area contributed by atoms with Gasteiger partial charge in [-0.1, -0.05) is 11.8 Å². The average molecular weight is 422 g/mol. The summed E-state index contributed by atoms with van der Waals surface area (Å²) in [4.78, 5) is 27.2. The molecule has 2 amide bonds. The Balaban J connectivity index is 2.27. The molecule has 1 aromatic heterocycles. The van der Waals surface area contributed by atoms with E-state index in [1.807, 2.05) is 20.8 Å². The van der Waals surface area contributed by atoms with Crippen LogP contribution in [0.25, 0.3) is 0 Å². The van der Waals surface area contributed by atoms with Gasteiger partial charge in [-0.3, -0.25) is 9.59 Å². The average Bonchev–Trinajstić information content (AvgIpc) is 3.10. The predicted molar refractivity (Wildman–Crippen MR) is 112 cm³/mol. The Labute approximate surface area is 174 Å². The van der Waals surface area contributed by atoms with Crippen LogP contribution >= 0.6 is 11.8 Å². The summed E-state index contributed by atoms with van der Waals surface area (Å²) >= 11 is 1.26. The van der Waals surface area contributed by atoms with Gasteiger partial charge in [0.25, 0.3) is 5.91 Å². The molecule has 0 unspecified atom stereocenters. The van der Waals surface area contributed by atoms with Gasteiger partial charge in [0, 0.05) is 25.2 Å². The summed E-state index contributed by atoms with van der Waals surface area (Å²) in [5.74, 6) is 0.443. The molecule has 0 aliphatic carbocycles. The van der Waals surface area contributed by atoms with Crippen LogP contribution in [0.3, 0.4) is 0 Å².